The second-order valence-electron chi connectivity index (χ2n) is 33.2. The van der Waals surface area contributed by atoms with E-state index in [0.717, 1.165) is 65.1 Å². The molecule has 0 aromatic heterocycles. The van der Waals surface area contributed by atoms with E-state index in [-0.39, 0.29) is 0 Å². The molecule has 0 aromatic rings. The lowest BCUT2D eigenvalue weighted by molar-refractivity contribution is 0.284. The standard InChI is InChI=1S/4C13H28.3C12H26.C11H24/c1-5-7-9-13(4)11-10-12(3)8-6-2;1-4-6-8-9-10-12-13(3)11-7-5-2;2*1-4-7-9-10-12-13(6-3)11-8-5-2;1-5-8-12(7-3)10-9-11(4)6-2;1-4-7-8-9-11-12(6-3)10-5-2;1-4-7-8-11-12(9-5-2)10-6-3;1-5-9-11(8-4)10(6-2)7-3/h12-13H,5-11H2,1-4H3;3*13H,4-12H2,1-3H3;11-12H,5-10H2,1-4H3;2*12H,4-11H2,1-3H3;10-11H,5-9H2,1-4H3. The van der Waals surface area contributed by atoms with Crippen LogP contribution < -0.4 is 0 Å². The van der Waals surface area contributed by atoms with Gasteiger partial charge in [0.15, 0.2) is 0 Å². The number of unbranched alkanes of at least 4 members (excludes halogenated alkanes) is 19. The first kappa shape index (κ1) is 115. The quantitative estimate of drug-likeness (QED) is 0.0533. The van der Waals surface area contributed by atoms with Crippen LogP contribution in [0.25, 0.3) is 0 Å². The Hall–Kier alpha value is 0. The van der Waals surface area contributed by atoms with Crippen molar-refractivity contribution in [3.63, 3.8) is 0 Å². The maximum Gasteiger partial charge on any atom is -0.0389 e. The second kappa shape index (κ2) is 104. The van der Waals surface area contributed by atoms with Crippen LogP contribution in [0.4, 0.5) is 0 Å². The van der Waals surface area contributed by atoms with Crippen molar-refractivity contribution in [2.24, 2.45) is 65.1 Å². The van der Waals surface area contributed by atoms with Crippen LogP contribution in [0.1, 0.15) is 579 Å². The third kappa shape index (κ3) is 102. The van der Waals surface area contributed by atoms with E-state index in [1.165, 1.54) is 392 Å². The van der Waals surface area contributed by atoms with Gasteiger partial charge in [-0.2, -0.15) is 0 Å². The van der Waals surface area contributed by atoms with Gasteiger partial charge in [-0.3, -0.25) is 0 Å². The highest BCUT2D eigenvalue weighted by Gasteiger charge is 2.15. The smallest absolute Gasteiger partial charge is 0.0389 e. The van der Waals surface area contributed by atoms with E-state index >= 15 is 0 Å². The molecule has 0 fully saturated rings. The van der Waals surface area contributed by atoms with Crippen LogP contribution in [0.3, 0.4) is 0 Å². The number of hydrogen-bond acceptors (Lipinski definition) is 0. The monoisotopic (exact) mass is 1400 g/mol. The van der Waals surface area contributed by atoms with E-state index in [1.54, 1.807) is 0 Å². The summed E-state index contributed by atoms with van der Waals surface area (Å²) in [5, 5.41) is 0. The fourth-order valence-electron chi connectivity index (χ4n) is 15.0. The summed E-state index contributed by atoms with van der Waals surface area (Å²) in [4.78, 5) is 0. The van der Waals surface area contributed by atoms with Crippen LogP contribution in [0.2, 0.25) is 0 Å². The molecule has 0 amide bonds. The minimum atomic E-state index is 0.941. The molecule has 0 aliphatic heterocycles. The molecular formula is C99H214. The Bertz CT molecular complexity index is 1200. The molecule has 0 aliphatic carbocycles. The van der Waals surface area contributed by atoms with Gasteiger partial charge < -0.3 is 0 Å². The Kier molecular flexibility index (Phi) is 121. The molecule has 0 heteroatoms. The highest BCUT2D eigenvalue weighted by Crippen LogP contribution is 2.28. The molecule has 99 heavy (non-hydrogen) atoms. The molecule has 0 aliphatic rings. The lowest BCUT2D eigenvalue weighted by Crippen LogP contribution is -2.12. The Balaban J connectivity index is -0.000000159. The van der Waals surface area contributed by atoms with E-state index in [9.17, 15) is 0 Å². The average molecular weight is 1400 g/mol. The summed E-state index contributed by atoms with van der Waals surface area (Å²) < 4.78 is 0. The van der Waals surface area contributed by atoms with E-state index in [4.69, 9.17) is 0 Å². The van der Waals surface area contributed by atoms with Gasteiger partial charge in [0.25, 0.3) is 0 Å². The summed E-state index contributed by atoms with van der Waals surface area (Å²) >= 11 is 0. The van der Waals surface area contributed by atoms with Crippen molar-refractivity contribution in [1.82, 2.24) is 0 Å². The molecule has 0 bridgehead atoms. The maximum absolute atomic E-state index is 2.41. The maximum atomic E-state index is 2.41. The van der Waals surface area contributed by atoms with Crippen molar-refractivity contribution in [2.45, 2.75) is 579 Å². The van der Waals surface area contributed by atoms with Crippen molar-refractivity contribution < 1.29 is 0 Å². The summed E-state index contributed by atoms with van der Waals surface area (Å²) in [7, 11) is 0. The van der Waals surface area contributed by atoms with Gasteiger partial charge in [-0.1, -0.05) is 579 Å². The van der Waals surface area contributed by atoms with Crippen molar-refractivity contribution in [3.8, 4) is 0 Å². The minimum Gasteiger partial charge on any atom is -0.0654 e. The van der Waals surface area contributed by atoms with Crippen LogP contribution in [-0.4, -0.2) is 0 Å². The van der Waals surface area contributed by atoms with Crippen LogP contribution >= 0.6 is 0 Å². The van der Waals surface area contributed by atoms with Gasteiger partial charge in [0.2, 0.25) is 0 Å². The number of hydrogen-bond donors (Lipinski definition) is 0. The van der Waals surface area contributed by atoms with E-state index in [0.29, 0.717) is 0 Å². The lowest BCUT2D eigenvalue weighted by atomic mass is 9.83. The molecule has 0 saturated heterocycles. The molecule has 9 unspecified atom stereocenters. The van der Waals surface area contributed by atoms with E-state index in [1.807, 2.05) is 0 Å². The van der Waals surface area contributed by atoms with Crippen LogP contribution in [0.15, 0.2) is 0 Å². The van der Waals surface area contributed by atoms with Gasteiger partial charge in [-0.05, 0) is 65.1 Å². The summed E-state index contributed by atoms with van der Waals surface area (Å²) in [5.41, 5.74) is 0. The molecule has 0 radical (unpaired) electrons. The zero-order chi connectivity index (χ0) is 76.5. The van der Waals surface area contributed by atoms with Crippen molar-refractivity contribution in [1.29, 1.82) is 0 Å². The van der Waals surface area contributed by atoms with Gasteiger partial charge in [0.05, 0.1) is 0 Å². The summed E-state index contributed by atoms with van der Waals surface area (Å²) in [6.07, 6.45) is 86.6. The van der Waals surface area contributed by atoms with Crippen LogP contribution in [-0.2, 0) is 0 Å². The minimum absolute atomic E-state index is 0.941. The Labute approximate surface area is 640 Å². The predicted molar refractivity (Wildman–Crippen MR) is 473 cm³/mol. The molecule has 0 saturated carbocycles. The topological polar surface area (TPSA) is 0 Å². The molecule has 0 heterocycles. The first-order valence-electron chi connectivity index (χ1n) is 47.9. The Morgan fingerprint density at radius 2 is 0.343 bits per heavy atom. The summed E-state index contributed by atoms with van der Waals surface area (Å²) in [5.74, 6) is 10.9. The SMILES string of the molecule is CCCC(CC)C(CC)CC.CCCC(CC)CCC(C)CC.CCCCC(C)CCC(C)CCC.CCCCCC(CCC)CCC.CCCCCCC(CC)CCC.CCCCCCC(CC)CCCC.CCCCCCC(CC)CCCC.CCCCCCCC(C)CCCC. The fourth-order valence-corrected chi connectivity index (χ4v) is 15.0. The number of rotatable bonds is 64. The third-order valence-corrected chi connectivity index (χ3v) is 23.1. The molecular weight excluding hydrogens is 1190 g/mol. The van der Waals surface area contributed by atoms with Gasteiger partial charge in [0.1, 0.15) is 0 Å². The molecule has 0 spiro atoms. The molecule has 610 valence electrons. The third-order valence-electron chi connectivity index (χ3n) is 23.1. The highest BCUT2D eigenvalue weighted by molar-refractivity contribution is 4.67. The van der Waals surface area contributed by atoms with Gasteiger partial charge in [-0.15, -0.1) is 0 Å². The second-order valence-corrected chi connectivity index (χ2v) is 33.2. The van der Waals surface area contributed by atoms with Crippen LogP contribution in [0.5, 0.6) is 0 Å². The Morgan fingerprint density at radius 1 is 0.121 bits per heavy atom. The largest absolute Gasteiger partial charge is 0.0654 e. The van der Waals surface area contributed by atoms with Crippen molar-refractivity contribution >= 4 is 0 Å². The molecule has 0 N–H and O–H groups in total. The zero-order valence-electron chi connectivity index (χ0n) is 76.5. The van der Waals surface area contributed by atoms with E-state index < -0.39 is 0 Å². The zero-order valence-corrected chi connectivity index (χ0v) is 76.5. The first-order chi connectivity index (χ1) is 47.9. The molecule has 0 aromatic carbocycles. The lowest BCUT2D eigenvalue weighted by Gasteiger charge is -2.23. The van der Waals surface area contributed by atoms with Crippen molar-refractivity contribution in [2.75, 3.05) is 0 Å². The van der Waals surface area contributed by atoms with Crippen molar-refractivity contribution in [3.05, 3.63) is 0 Å². The molecule has 0 nitrogen and oxygen atoms in total. The molecule has 0 rings (SSSR count). The van der Waals surface area contributed by atoms with Crippen LogP contribution in [0, 0.1) is 65.1 Å². The molecule has 9 atom stereocenters. The predicted octanol–water partition coefficient (Wildman–Crippen LogP) is 39.0. The normalized spacial score (nSPS) is 13.7. The first-order valence-corrected chi connectivity index (χ1v) is 47.9. The van der Waals surface area contributed by atoms with Gasteiger partial charge >= 0.3 is 0 Å². The fraction of sp³-hybridized carbons (Fsp3) is 1.00. The summed E-state index contributed by atoms with van der Waals surface area (Å²) in [6, 6.07) is 0. The van der Waals surface area contributed by atoms with E-state index in [2.05, 4.69) is 187 Å². The van der Waals surface area contributed by atoms with Gasteiger partial charge in [0, 0.05) is 0 Å². The summed E-state index contributed by atoms with van der Waals surface area (Å²) in [6.45, 7) is 62.6. The van der Waals surface area contributed by atoms with Gasteiger partial charge in [-0.25, -0.2) is 0 Å². The average Bonchev–Trinajstić information content (AvgIpc) is 2.08. The highest BCUT2D eigenvalue weighted by atomic mass is 14.2. The Morgan fingerprint density at radius 3 is 0.667 bits per heavy atom.